The number of carbonyl (C=O) groups is 2. The Labute approximate surface area is 122 Å². The Morgan fingerprint density at radius 1 is 1.25 bits per heavy atom. The van der Waals surface area contributed by atoms with Gasteiger partial charge in [0.2, 0.25) is 0 Å². The smallest absolute Gasteiger partial charge is 0.328 e. The van der Waals surface area contributed by atoms with Crippen molar-refractivity contribution in [3.63, 3.8) is 0 Å². The third-order valence-corrected chi connectivity index (χ3v) is 4.27. The summed E-state index contributed by atoms with van der Waals surface area (Å²) in [5, 5.41) is 8.59. The van der Waals surface area contributed by atoms with Crippen LogP contribution in [-0.4, -0.2) is 60.0 Å². The molecule has 108 valence electrons. The van der Waals surface area contributed by atoms with E-state index in [0.29, 0.717) is 4.88 Å². The van der Waals surface area contributed by atoms with E-state index in [1.807, 2.05) is 4.90 Å². The highest BCUT2D eigenvalue weighted by atomic mass is 32.1. The lowest BCUT2D eigenvalue weighted by atomic mass is 10.3. The number of aliphatic carboxylic acids is 1. The Morgan fingerprint density at radius 2 is 2.05 bits per heavy atom. The molecule has 1 aliphatic rings. The predicted octanol–water partition coefficient (Wildman–Crippen LogP) is 1.62. The Bertz CT molecular complexity index is 524. The van der Waals surface area contributed by atoms with Gasteiger partial charge in [-0.2, -0.15) is 0 Å². The quantitative estimate of drug-likeness (QED) is 0.861. The number of hydrogen-bond donors (Lipinski definition) is 1. The molecule has 1 fully saturated rings. The molecule has 0 aliphatic carbocycles. The van der Waals surface area contributed by atoms with Crippen LogP contribution in [0, 0.1) is 0 Å². The Hall–Kier alpha value is -1.66. The number of thiophene rings is 1. The molecule has 1 N–H and O–H groups in total. The predicted molar refractivity (Wildman–Crippen MR) is 79.0 cm³/mol. The standard InChI is InChI=1S/C14H18N2O3S/c1-15-7-2-8-16(10-9-15)14(19)12-5-3-11(20-12)4-6-13(17)18/h3-6H,2,7-10H2,1H3,(H,17,18). The number of amides is 1. The molecule has 2 rings (SSSR count). The van der Waals surface area contributed by atoms with Gasteiger partial charge in [-0.05, 0) is 38.2 Å². The van der Waals surface area contributed by atoms with Gasteiger partial charge >= 0.3 is 5.97 Å². The van der Waals surface area contributed by atoms with E-state index in [4.69, 9.17) is 5.11 Å². The molecule has 0 radical (unpaired) electrons. The molecule has 0 bridgehead atoms. The molecular weight excluding hydrogens is 276 g/mol. The van der Waals surface area contributed by atoms with Crippen molar-refractivity contribution in [2.45, 2.75) is 6.42 Å². The fourth-order valence-corrected chi connectivity index (χ4v) is 2.99. The average Bonchev–Trinajstić information content (AvgIpc) is 2.78. The summed E-state index contributed by atoms with van der Waals surface area (Å²) >= 11 is 1.33. The summed E-state index contributed by atoms with van der Waals surface area (Å²) in [5.41, 5.74) is 0. The van der Waals surface area contributed by atoms with Crippen molar-refractivity contribution in [3.05, 3.63) is 28.0 Å². The molecule has 0 aromatic carbocycles. The molecule has 1 aliphatic heterocycles. The largest absolute Gasteiger partial charge is 0.478 e. The molecule has 1 amide bonds. The molecule has 5 nitrogen and oxygen atoms in total. The lowest BCUT2D eigenvalue weighted by molar-refractivity contribution is -0.131. The van der Waals surface area contributed by atoms with Gasteiger partial charge in [-0.1, -0.05) is 0 Å². The van der Waals surface area contributed by atoms with Gasteiger partial charge in [-0.3, -0.25) is 4.79 Å². The molecule has 2 heterocycles. The first-order valence-electron chi connectivity index (χ1n) is 6.55. The summed E-state index contributed by atoms with van der Waals surface area (Å²) in [6.45, 7) is 3.43. The molecule has 20 heavy (non-hydrogen) atoms. The number of carbonyl (C=O) groups excluding carboxylic acids is 1. The van der Waals surface area contributed by atoms with Gasteiger partial charge in [0.05, 0.1) is 4.88 Å². The SMILES string of the molecule is CN1CCCN(C(=O)c2ccc(C=CC(=O)O)s2)CC1. The second kappa shape index (κ2) is 6.67. The van der Waals surface area contributed by atoms with E-state index in [1.54, 1.807) is 12.1 Å². The maximum atomic E-state index is 12.4. The number of likely N-dealkylation sites (N-methyl/N-ethyl adjacent to an activating group) is 1. The topological polar surface area (TPSA) is 60.9 Å². The minimum absolute atomic E-state index is 0.0419. The van der Waals surface area contributed by atoms with Gasteiger partial charge in [0.1, 0.15) is 0 Å². The lowest BCUT2D eigenvalue weighted by Gasteiger charge is -2.19. The first-order chi connectivity index (χ1) is 9.56. The van der Waals surface area contributed by atoms with Crippen LogP contribution in [0.4, 0.5) is 0 Å². The first-order valence-corrected chi connectivity index (χ1v) is 7.36. The van der Waals surface area contributed by atoms with E-state index in [-0.39, 0.29) is 5.91 Å². The number of carboxylic acid groups (broad SMARTS) is 1. The molecule has 6 heteroatoms. The van der Waals surface area contributed by atoms with Crippen LogP contribution in [0.3, 0.4) is 0 Å². The molecule has 1 aromatic heterocycles. The van der Waals surface area contributed by atoms with Crippen LogP contribution in [-0.2, 0) is 4.79 Å². The van der Waals surface area contributed by atoms with Gasteiger partial charge in [0.25, 0.3) is 5.91 Å². The second-order valence-electron chi connectivity index (χ2n) is 4.82. The molecular formula is C14H18N2O3S. The summed E-state index contributed by atoms with van der Waals surface area (Å²) in [7, 11) is 2.06. The molecule has 0 spiro atoms. The van der Waals surface area contributed by atoms with Gasteiger partial charge in [0, 0.05) is 30.6 Å². The highest BCUT2D eigenvalue weighted by Crippen LogP contribution is 2.20. The number of nitrogens with zero attached hydrogens (tertiary/aromatic N) is 2. The third-order valence-electron chi connectivity index (χ3n) is 3.23. The summed E-state index contributed by atoms with van der Waals surface area (Å²) < 4.78 is 0. The monoisotopic (exact) mass is 294 g/mol. The van der Waals surface area contributed by atoms with Crippen LogP contribution in [0.5, 0.6) is 0 Å². The van der Waals surface area contributed by atoms with Crippen LogP contribution >= 0.6 is 11.3 Å². The van der Waals surface area contributed by atoms with E-state index in [0.717, 1.165) is 43.6 Å². The highest BCUT2D eigenvalue weighted by Gasteiger charge is 2.19. The molecule has 0 saturated carbocycles. The van der Waals surface area contributed by atoms with Crippen molar-refractivity contribution < 1.29 is 14.7 Å². The normalized spacial score (nSPS) is 17.4. The molecule has 1 saturated heterocycles. The second-order valence-corrected chi connectivity index (χ2v) is 5.94. The fourth-order valence-electron chi connectivity index (χ4n) is 2.12. The maximum absolute atomic E-state index is 12.4. The van der Waals surface area contributed by atoms with Gasteiger partial charge in [-0.15, -0.1) is 11.3 Å². The zero-order valence-corrected chi connectivity index (χ0v) is 12.2. The maximum Gasteiger partial charge on any atom is 0.328 e. The van der Waals surface area contributed by atoms with Crippen molar-refractivity contribution in [2.24, 2.45) is 0 Å². The summed E-state index contributed by atoms with van der Waals surface area (Å²) in [6, 6.07) is 3.55. The van der Waals surface area contributed by atoms with Crippen LogP contribution < -0.4 is 0 Å². The number of carboxylic acids is 1. The molecule has 1 aromatic rings. The van der Waals surface area contributed by atoms with E-state index < -0.39 is 5.97 Å². The lowest BCUT2D eigenvalue weighted by Crippen LogP contribution is -2.34. The summed E-state index contributed by atoms with van der Waals surface area (Å²) in [4.78, 5) is 28.4. The van der Waals surface area contributed by atoms with Crippen LogP contribution in [0.2, 0.25) is 0 Å². The molecule has 0 unspecified atom stereocenters. The fraction of sp³-hybridized carbons (Fsp3) is 0.429. The van der Waals surface area contributed by atoms with Crippen LogP contribution in [0.15, 0.2) is 18.2 Å². The third kappa shape index (κ3) is 3.91. The first kappa shape index (κ1) is 14.7. The summed E-state index contributed by atoms with van der Waals surface area (Å²) in [5.74, 6) is -0.942. The van der Waals surface area contributed by atoms with Gasteiger partial charge in [-0.25, -0.2) is 4.79 Å². The Balaban J connectivity index is 2.03. The number of hydrogen-bond acceptors (Lipinski definition) is 4. The summed E-state index contributed by atoms with van der Waals surface area (Å²) in [6.07, 6.45) is 3.58. The zero-order valence-electron chi connectivity index (χ0n) is 11.4. The van der Waals surface area contributed by atoms with Crippen molar-refractivity contribution in [3.8, 4) is 0 Å². The van der Waals surface area contributed by atoms with E-state index in [9.17, 15) is 9.59 Å². The van der Waals surface area contributed by atoms with Crippen molar-refractivity contribution in [1.29, 1.82) is 0 Å². The van der Waals surface area contributed by atoms with Crippen molar-refractivity contribution in [2.75, 3.05) is 33.2 Å². The Morgan fingerprint density at radius 3 is 2.80 bits per heavy atom. The average molecular weight is 294 g/mol. The van der Waals surface area contributed by atoms with E-state index in [1.165, 1.54) is 17.4 Å². The Kier molecular flexibility index (Phi) is 4.92. The van der Waals surface area contributed by atoms with E-state index in [2.05, 4.69) is 11.9 Å². The minimum atomic E-state index is -0.984. The number of rotatable bonds is 3. The minimum Gasteiger partial charge on any atom is -0.478 e. The van der Waals surface area contributed by atoms with Crippen molar-refractivity contribution >= 4 is 29.3 Å². The van der Waals surface area contributed by atoms with E-state index >= 15 is 0 Å². The zero-order chi connectivity index (χ0) is 14.5. The van der Waals surface area contributed by atoms with Gasteiger partial charge in [0.15, 0.2) is 0 Å². The van der Waals surface area contributed by atoms with Crippen LogP contribution in [0.1, 0.15) is 21.0 Å². The molecule has 0 atom stereocenters. The van der Waals surface area contributed by atoms with Crippen molar-refractivity contribution in [1.82, 2.24) is 9.80 Å². The van der Waals surface area contributed by atoms with Crippen LogP contribution in [0.25, 0.3) is 6.08 Å². The van der Waals surface area contributed by atoms with Gasteiger partial charge < -0.3 is 14.9 Å². The highest BCUT2D eigenvalue weighted by molar-refractivity contribution is 7.14.